The molecular weight excluding hydrogens is 226 g/mol. The van der Waals surface area contributed by atoms with E-state index in [-0.39, 0.29) is 0 Å². The van der Waals surface area contributed by atoms with Crippen LogP contribution >= 0.6 is 0 Å². The Balaban J connectivity index is 2.19. The number of nitrogens with zero attached hydrogens (tertiary/aromatic N) is 3. The largest absolute Gasteiger partial charge is 0.467 e. The molecule has 0 saturated carbocycles. The summed E-state index contributed by atoms with van der Waals surface area (Å²) in [4.78, 5) is 11.3. The first kappa shape index (κ1) is 11.4. The molecule has 0 spiro atoms. The molecule has 0 N–H and O–H groups in total. The minimum atomic E-state index is 0.381. The molecule has 4 heteroatoms. The van der Waals surface area contributed by atoms with E-state index in [1.54, 1.807) is 7.11 Å². The Labute approximate surface area is 107 Å². The van der Waals surface area contributed by atoms with Gasteiger partial charge in [0.1, 0.15) is 0 Å². The number of aromatic nitrogens is 2. The Bertz CT molecular complexity index is 570. The summed E-state index contributed by atoms with van der Waals surface area (Å²) in [6.45, 7) is 1.13. The predicted octanol–water partition coefficient (Wildman–Crippen LogP) is 2.41. The zero-order valence-electron chi connectivity index (χ0n) is 10.8. The van der Waals surface area contributed by atoms with Crippen molar-refractivity contribution in [2.75, 3.05) is 20.7 Å². The number of ether oxygens (including phenoxy) is 1. The minimum Gasteiger partial charge on any atom is -0.467 e. The Kier molecular flexibility index (Phi) is 2.88. The second-order valence-electron chi connectivity index (χ2n) is 4.75. The maximum Gasteiger partial charge on any atom is 0.316 e. The highest BCUT2D eigenvalue weighted by Gasteiger charge is 2.26. The molecule has 1 saturated heterocycles. The third-order valence-corrected chi connectivity index (χ3v) is 3.63. The molecule has 18 heavy (non-hydrogen) atoms. The van der Waals surface area contributed by atoms with Gasteiger partial charge in [-0.3, -0.25) is 4.90 Å². The van der Waals surface area contributed by atoms with Gasteiger partial charge in [-0.2, -0.15) is 9.97 Å². The van der Waals surface area contributed by atoms with Crippen molar-refractivity contribution in [3.05, 3.63) is 30.0 Å². The van der Waals surface area contributed by atoms with Gasteiger partial charge in [0, 0.05) is 5.39 Å². The smallest absolute Gasteiger partial charge is 0.316 e. The first-order valence-electron chi connectivity index (χ1n) is 6.30. The number of para-hydroxylation sites is 1. The average Bonchev–Trinajstić information content (AvgIpc) is 2.83. The van der Waals surface area contributed by atoms with Crippen LogP contribution in [0.15, 0.2) is 24.3 Å². The number of benzene rings is 1. The van der Waals surface area contributed by atoms with Crippen molar-refractivity contribution in [2.24, 2.45) is 0 Å². The summed E-state index contributed by atoms with van der Waals surface area (Å²) >= 11 is 0. The summed E-state index contributed by atoms with van der Waals surface area (Å²) in [6.07, 6.45) is 2.38. The third-order valence-electron chi connectivity index (χ3n) is 3.63. The highest BCUT2D eigenvalue weighted by atomic mass is 16.5. The SMILES string of the molecule is COc1nc(C2CCCN2C)c2ccccc2n1. The van der Waals surface area contributed by atoms with Crippen LogP contribution in [-0.4, -0.2) is 35.6 Å². The molecule has 2 heterocycles. The summed E-state index contributed by atoms with van der Waals surface area (Å²) in [7, 11) is 3.77. The van der Waals surface area contributed by atoms with Gasteiger partial charge >= 0.3 is 6.01 Å². The summed E-state index contributed by atoms with van der Waals surface area (Å²) in [5.41, 5.74) is 2.05. The molecule has 2 aromatic rings. The van der Waals surface area contributed by atoms with E-state index >= 15 is 0 Å². The van der Waals surface area contributed by atoms with E-state index in [4.69, 9.17) is 4.74 Å². The van der Waals surface area contributed by atoms with Crippen molar-refractivity contribution >= 4 is 10.9 Å². The number of hydrogen-bond acceptors (Lipinski definition) is 4. The van der Waals surface area contributed by atoms with Gasteiger partial charge in [-0.05, 0) is 32.5 Å². The third kappa shape index (κ3) is 1.82. The Morgan fingerprint density at radius 1 is 1.28 bits per heavy atom. The Hall–Kier alpha value is -1.68. The highest BCUT2D eigenvalue weighted by molar-refractivity contribution is 5.81. The molecule has 1 atom stereocenters. The van der Waals surface area contributed by atoms with Crippen molar-refractivity contribution in [1.82, 2.24) is 14.9 Å². The van der Waals surface area contributed by atoms with Gasteiger partial charge < -0.3 is 4.74 Å². The summed E-state index contributed by atoms with van der Waals surface area (Å²) in [6, 6.07) is 8.98. The fourth-order valence-corrected chi connectivity index (χ4v) is 2.68. The molecule has 0 radical (unpaired) electrons. The quantitative estimate of drug-likeness (QED) is 0.812. The van der Waals surface area contributed by atoms with Crippen LogP contribution in [0.4, 0.5) is 0 Å². The molecule has 1 aromatic heterocycles. The fraction of sp³-hybridized carbons (Fsp3) is 0.429. The van der Waals surface area contributed by atoms with E-state index in [0.717, 1.165) is 29.6 Å². The van der Waals surface area contributed by atoms with E-state index in [1.165, 1.54) is 6.42 Å². The number of methoxy groups -OCH3 is 1. The Morgan fingerprint density at radius 3 is 2.83 bits per heavy atom. The zero-order chi connectivity index (χ0) is 12.5. The van der Waals surface area contributed by atoms with E-state index in [9.17, 15) is 0 Å². The van der Waals surface area contributed by atoms with E-state index in [1.807, 2.05) is 18.2 Å². The lowest BCUT2D eigenvalue weighted by molar-refractivity contribution is 0.308. The lowest BCUT2D eigenvalue weighted by Gasteiger charge is -2.20. The predicted molar refractivity (Wildman–Crippen MR) is 70.7 cm³/mol. The van der Waals surface area contributed by atoms with Crippen LogP contribution in [-0.2, 0) is 0 Å². The summed E-state index contributed by atoms with van der Waals surface area (Å²) < 4.78 is 5.22. The molecule has 1 aliphatic heterocycles. The molecule has 0 amide bonds. The normalized spacial score (nSPS) is 20.4. The molecule has 3 rings (SSSR count). The van der Waals surface area contributed by atoms with Gasteiger partial charge in [-0.25, -0.2) is 0 Å². The van der Waals surface area contributed by atoms with E-state index in [2.05, 4.69) is 28.0 Å². The lowest BCUT2D eigenvalue weighted by Crippen LogP contribution is -2.19. The first-order chi connectivity index (χ1) is 8.79. The van der Waals surface area contributed by atoms with E-state index in [0.29, 0.717) is 12.1 Å². The molecule has 1 fully saturated rings. The fourth-order valence-electron chi connectivity index (χ4n) is 2.68. The molecule has 94 valence electrons. The van der Waals surface area contributed by atoms with Crippen LogP contribution in [0.25, 0.3) is 10.9 Å². The van der Waals surface area contributed by atoms with Gasteiger partial charge in [0.25, 0.3) is 0 Å². The lowest BCUT2D eigenvalue weighted by atomic mass is 10.1. The standard InChI is InChI=1S/C14H17N3O/c1-17-9-5-8-12(17)13-10-6-3-4-7-11(10)15-14(16-13)18-2/h3-4,6-7,12H,5,8-9H2,1-2H3. The molecule has 1 aromatic carbocycles. The van der Waals surface area contributed by atoms with Crippen LogP contribution in [0.2, 0.25) is 0 Å². The molecule has 1 unspecified atom stereocenters. The molecule has 0 bridgehead atoms. The monoisotopic (exact) mass is 243 g/mol. The van der Waals surface area contributed by atoms with E-state index < -0.39 is 0 Å². The molecule has 1 aliphatic rings. The van der Waals surface area contributed by atoms with Gasteiger partial charge in [-0.15, -0.1) is 0 Å². The Morgan fingerprint density at radius 2 is 2.11 bits per heavy atom. The molecule has 4 nitrogen and oxygen atoms in total. The van der Waals surface area contributed by atoms with Gasteiger partial charge in [0.05, 0.1) is 24.4 Å². The van der Waals surface area contributed by atoms with Crippen molar-refractivity contribution in [3.8, 4) is 6.01 Å². The maximum atomic E-state index is 5.22. The van der Waals surface area contributed by atoms with Crippen LogP contribution in [0.3, 0.4) is 0 Å². The number of fused-ring (bicyclic) bond motifs is 1. The van der Waals surface area contributed by atoms with Gasteiger partial charge in [-0.1, -0.05) is 18.2 Å². The van der Waals surface area contributed by atoms with Crippen molar-refractivity contribution < 1.29 is 4.74 Å². The topological polar surface area (TPSA) is 38.2 Å². The summed E-state index contributed by atoms with van der Waals surface area (Å²) in [5, 5.41) is 1.14. The average molecular weight is 243 g/mol. The summed E-state index contributed by atoms with van der Waals surface area (Å²) in [5.74, 6) is 0. The highest BCUT2D eigenvalue weighted by Crippen LogP contribution is 2.33. The zero-order valence-corrected chi connectivity index (χ0v) is 10.8. The van der Waals surface area contributed by atoms with Crippen molar-refractivity contribution in [3.63, 3.8) is 0 Å². The second kappa shape index (κ2) is 4.53. The van der Waals surface area contributed by atoms with Crippen LogP contribution < -0.4 is 4.74 Å². The number of likely N-dealkylation sites (tertiary alicyclic amines) is 1. The maximum absolute atomic E-state index is 5.22. The van der Waals surface area contributed by atoms with Crippen molar-refractivity contribution in [2.45, 2.75) is 18.9 Å². The van der Waals surface area contributed by atoms with Gasteiger partial charge in [0.15, 0.2) is 0 Å². The van der Waals surface area contributed by atoms with Crippen LogP contribution in [0.5, 0.6) is 6.01 Å². The minimum absolute atomic E-state index is 0.381. The molecule has 0 aliphatic carbocycles. The first-order valence-corrected chi connectivity index (χ1v) is 6.30. The van der Waals surface area contributed by atoms with Crippen molar-refractivity contribution in [1.29, 1.82) is 0 Å². The molecular formula is C14H17N3O. The van der Waals surface area contributed by atoms with Crippen LogP contribution in [0, 0.1) is 0 Å². The second-order valence-corrected chi connectivity index (χ2v) is 4.75. The number of rotatable bonds is 2. The number of hydrogen-bond donors (Lipinski definition) is 0. The van der Waals surface area contributed by atoms with Gasteiger partial charge in [0.2, 0.25) is 0 Å². The van der Waals surface area contributed by atoms with Crippen LogP contribution in [0.1, 0.15) is 24.6 Å².